The molecule has 1 aromatic carbocycles. The van der Waals surface area contributed by atoms with E-state index in [1.54, 1.807) is 12.1 Å². The zero-order valence-electron chi connectivity index (χ0n) is 10.9. The summed E-state index contributed by atoms with van der Waals surface area (Å²) in [6, 6.07) is 8.74. The van der Waals surface area contributed by atoms with Crippen LogP contribution in [-0.4, -0.2) is 22.9 Å². The Kier molecular flexibility index (Phi) is 4.34. The molecule has 1 amide bonds. The molecule has 21 heavy (non-hydrogen) atoms. The second-order valence-corrected chi connectivity index (χ2v) is 4.33. The first-order chi connectivity index (χ1) is 10.0. The van der Waals surface area contributed by atoms with Gasteiger partial charge in [-0.05, 0) is 30.3 Å². The number of hydrogen-bond donors (Lipinski definition) is 1. The van der Waals surface area contributed by atoms with Gasteiger partial charge in [0.2, 0.25) is 5.82 Å². The van der Waals surface area contributed by atoms with Gasteiger partial charge in [0.15, 0.2) is 0 Å². The Morgan fingerprint density at radius 1 is 1.29 bits per heavy atom. The number of carbonyl (C=O) groups is 1. The largest absolute Gasteiger partial charge is 0.497 e. The highest BCUT2D eigenvalue weighted by Crippen LogP contribution is 2.24. The fourth-order valence-electron chi connectivity index (χ4n) is 1.59. The third kappa shape index (κ3) is 3.46. The van der Waals surface area contributed by atoms with Gasteiger partial charge in [-0.3, -0.25) is 14.9 Å². The lowest BCUT2D eigenvalue weighted by Crippen LogP contribution is -2.14. The Balaban J connectivity index is 2.26. The lowest BCUT2D eigenvalue weighted by atomic mass is 10.2. The van der Waals surface area contributed by atoms with Crippen molar-refractivity contribution in [2.24, 2.45) is 0 Å². The lowest BCUT2D eigenvalue weighted by Gasteiger charge is -2.06. The summed E-state index contributed by atoms with van der Waals surface area (Å²) in [5.41, 5.74) is -0.0202. The summed E-state index contributed by atoms with van der Waals surface area (Å²) in [6.45, 7) is 0. The van der Waals surface area contributed by atoms with Gasteiger partial charge in [0, 0.05) is 11.6 Å². The number of methoxy groups -OCH3 is 1. The first-order valence-electron chi connectivity index (χ1n) is 5.77. The molecule has 8 heteroatoms. The van der Waals surface area contributed by atoms with Crippen LogP contribution >= 0.6 is 11.6 Å². The number of nitro groups is 1. The molecule has 0 spiro atoms. The van der Waals surface area contributed by atoms with Crippen LogP contribution in [-0.2, 0) is 0 Å². The molecule has 1 aromatic heterocycles. The van der Waals surface area contributed by atoms with Gasteiger partial charge in [0.05, 0.1) is 12.0 Å². The van der Waals surface area contributed by atoms with Gasteiger partial charge in [-0.25, -0.2) is 4.98 Å². The summed E-state index contributed by atoms with van der Waals surface area (Å²) in [7, 11) is 1.51. The minimum atomic E-state index is -0.646. The van der Waals surface area contributed by atoms with Gasteiger partial charge in [-0.15, -0.1) is 0 Å². The maximum Gasteiger partial charge on any atom is 0.311 e. The van der Waals surface area contributed by atoms with Crippen LogP contribution in [0.5, 0.6) is 5.75 Å². The van der Waals surface area contributed by atoms with Crippen LogP contribution in [0.3, 0.4) is 0 Å². The molecule has 0 aliphatic carbocycles. The second-order valence-electron chi connectivity index (χ2n) is 3.94. The monoisotopic (exact) mass is 307 g/mol. The number of nitrogens with zero attached hydrogens (tertiary/aromatic N) is 2. The molecule has 2 rings (SSSR count). The second kappa shape index (κ2) is 6.19. The number of aromatic nitrogens is 1. The van der Waals surface area contributed by atoms with Crippen molar-refractivity contribution in [2.75, 3.05) is 12.4 Å². The highest BCUT2D eigenvalue weighted by Gasteiger charge is 2.18. The zero-order valence-corrected chi connectivity index (χ0v) is 11.6. The predicted octanol–water partition coefficient (Wildman–Crippen LogP) is 2.90. The molecular formula is C13H10ClN3O4. The molecule has 0 unspecified atom stereocenters. The topological polar surface area (TPSA) is 94.4 Å². The fourth-order valence-corrected chi connectivity index (χ4v) is 1.74. The highest BCUT2D eigenvalue weighted by molar-refractivity contribution is 6.29. The van der Waals surface area contributed by atoms with Crippen molar-refractivity contribution >= 4 is 29.0 Å². The van der Waals surface area contributed by atoms with E-state index in [-0.39, 0.29) is 16.7 Å². The number of benzene rings is 1. The minimum absolute atomic E-state index is 0.0469. The number of ether oxygens (including phenoxy) is 1. The third-order valence-electron chi connectivity index (χ3n) is 2.62. The van der Waals surface area contributed by atoms with Crippen molar-refractivity contribution in [3.63, 3.8) is 0 Å². The Morgan fingerprint density at radius 2 is 1.95 bits per heavy atom. The SMILES string of the molecule is COc1ccc(C(=O)Nc2nc(Cl)ccc2[N+](=O)[O-])cc1. The maximum atomic E-state index is 12.0. The summed E-state index contributed by atoms with van der Waals surface area (Å²) in [5, 5.41) is 13.3. The van der Waals surface area contributed by atoms with Crippen molar-refractivity contribution in [3.05, 3.63) is 57.2 Å². The van der Waals surface area contributed by atoms with E-state index in [1.807, 2.05) is 0 Å². The average molecular weight is 308 g/mol. The molecule has 0 saturated heterocycles. The smallest absolute Gasteiger partial charge is 0.311 e. The molecular weight excluding hydrogens is 298 g/mol. The van der Waals surface area contributed by atoms with E-state index in [2.05, 4.69) is 10.3 Å². The normalized spacial score (nSPS) is 10.0. The maximum absolute atomic E-state index is 12.0. The van der Waals surface area contributed by atoms with Crippen molar-refractivity contribution < 1.29 is 14.5 Å². The molecule has 0 atom stereocenters. The quantitative estimate of drug-likeness (QED) is 0.532. The van der Waals surface area contributed by atoms with Gasteiger partial charge in [0.1, 0.15) is 10.9 Å². The van der Waals surface area contributed by atoms with E-state index in [1.165, 1.54) is 31.4 Å². The molecule has 0 radical (unpaired) electrons. The van der Waals surface area contributed by atoms with E-state index in [4.69, 9.17) is 16.3 Å². The first kappa shape index (κ1) is 14.7. The number of rotatable bonds is 4. The van der Waals surface area contributed by atoms with Crippen molar-refractivity contribution in [2.45, 2.75) is 0 Å². The van der Waals surface area contributed by atoms with E-state index in [9.17, 15) is 14.9 Å². The average Bonchev–Trinajstić information content (AvgIpc) is 2.47. The number of pyridine rings is 1. The molecule has 0 aliphatic heterocycles. The van der Waals surface area contributed by atoms with Gasteiger partial charge in [-0.1, -0.05) is 11.6 Å². The van der Waals surface area contributed by atoms with Gasteiger partial charge in [-0.2, -0.15) is 0 Å². The van der Waals surface area contributed by atoms with Crippen LogP contribution in [0.1, 0.15) is 10.4 Å². The molecule has 7 nitrogen and oxygen atoms in total. The van der Waals surface area contributed by atoms with Crippen LogP contribution in [0.25, 0.3) is 0 Å². The Labute approximate surface area is 124 Å². The Morgan fingerprint density at radius 3 is 2.52 bits per heavy atom. The van der Waals surface area contributed by atoms with E-state index in [0.717, 1.165) is 0 Å². The minimum Gasteiger partial charge on any atom is -0.497 e. The Hall–Kier alpha value is -2.67. The molecule has 108 valence electrons. The van der Waals surface area contributed by atoms with Crippen LogP contribution in [0.4, 0.5) is 11.5 Å². The highest BCUT2D eigenvalue weighted by atomic mass is 35.5. The van der Waals surface area contributed by atoms with E-state index < -0.39 is 10.8 Å². The molecule has 1 heterocycles. The number of hydrogen-bond acceptors (Lipinski definition) is 5. The van der Waals surface area contributed by atoms with E-state index >= 15 is 0 Å². The first-order valence-corrected chi connectivity index (χ1v) is 6.15. The molecule has 0 bridgehead atoms. The van der Waals surface area contributed by atoms with Gasteiger partial charge < -0.3 is 10.1 Å². The lowest BCUT2D eigenvalue weighted by molar-refractivity contribution is -0.384. The number of carbonyl (C=O) groups excluding carboxylic acids is 1. The fraction of sp³-hybridized carbons (Fsp3) is 0.0769. The van der Waals surface area contributed by atoms with Crippen molar-refractivity contribution in [1.29, 1.82) is 0 Å². The van der Waals surface area contributed by atoms with Crippen LogP contribution in [0, 0.1) is 10.1 Å². The van der Waals surface area contributed by atoms with Gasteiger partial charge in [0.25, 0.3) is 5.91 Å². The number of nitrogens with one attached hydrogen (secondary N) is 1. The summed E-state index contributed by atoms with van der Waals surface area (Å²) in [4.78, 5) is 26.0. The van der Waals surface area contributed by atoms with Crippen LogP contribution < -0.4 is 10.1 Å². The third-order valence-corrected chi connectivity index (χ3v) is 2.83. The Bertz CT molecular complexity index is 688. The molecule has 2 aromatic rings. The number of halogens is 1. The van der Waals surface area contributed by atoms with Crippen LogP contribution in [0.15, 0.2) is 36.4 Å². The molecule has 0 saturated carbocycles. The van der Waals surface area contributed by atoms with Crippen LogP contribution in [0.2, 0.25) is 5.15 Å². The molecule has 0 fully saturated rings. The summed E-state index contributed by atoms with van der Waals surface area (Å²) < 4.78 is 4.98. The van der Waals surface area contributed by atoms with Crippen molar-refractivity contribution in [3.8, 4) is 5.75 Å². The van der Waals surface area contributed by atoms with E-state index in [0.29, 0.717) is 11.3 Å². The standard InChI is InChI=1S/C13H10ClN3O4/c1-21-9-4-2-8(3-5-9)13(18)16-12-10(17(19)20)6-7-11(14)15-12/h2-7H,1H3,(H,15,16,18). The zero-order chi connectivity index (χ0) is 15.4. The summed E-state index contributed by atoms with van der Waals surface area (Å²) >= 11 is 5.69. The molecule has 1 N–H and O–H groups in total. The number of amides is 1. The number of anilines is 1. The van der Waals surface area contributed by atoms with Gasteiger partial charge >= 0.3 is 5.69 Å². The van der Waals surface area contributed by atoms with Crippen molar-refractivity contribution in [1.82, 2.24) is 4.98 Å². The summed E-state index contributed by atoms with van der Waals surface area (Å²) in [5.74, 6) is -0.137. The molecule has 0 aliphatic rings. The summed E-state index contributed by atoms with van der Waals surface area (Å²) in [6.07, 6.45) is 0. The predicted molar refractivity (Wildman–Crippen MR) is 76.8 cm³/mol.